The van der Waals surface area contributed by atoms with Crippen molar-refractivity contribution in [3.63, 3.8) is 0 Å². The molecule has 2 heterocycles. The van der Waals surface area contributed by atoms with Crippen molar-refractivity contribution in [1.82, 2.24) is 5.32 Å². The first-order chi connectivity index (χ1) is 11.4. The van der Waals surface area contributed by atoms with Crippen molar-refractivity contribution < 1.29 is 14.2 Å². The van der Waals surface area contributed by atoms with Crippen molar-refractivity contribution in [2.45, 2.75) is 25.2 Å². The third kappa shape index (κ3) is 3.66. The summed E-state index contributed by atoms with van der Waals surface area (Å²) in [4.78, 5) is 0. The highest BCUT2D eigenvalue weighted by Gasteiger charge is 2.32. The van der Waals surface area contributed by atoms with Gasteiger partial charge in [0.05, 0.1) is 13.2 Å². The highest BCUT2D eigenvalue weighted by atomic mass is 35.5. The zero-order valence-electron chi connectivity index (χ0n) is 13.4. The molecule has 0 aromatic heterocycles. The van der Waals surface area contributed by atoms with Crippen LogP contribution in [0.15, 0.2) is 48.5 Å². The van der Waals surface area contributed by atoms with E-state index in [1.807, 2.05) is 30.3 Å². The number of benzene rings is 2. The van der Waals surface area contributed by atoms with Crippen molar-refractivity contribution in [2.24, 2.45) is 0 Å². The minimum Gasteiger partial charge on any atom is -0.493 e. The van der Waals surface area contributed by atoms with Crippen LogP contribution in [0.4, 0.5) is 0 Å². The Hall–Kier alpha value is -1.75. The van der Waals surface area contributed by atoms with Crippen LogP contribution in [0.25, 0.3) is 0 Å². The lowest BCUT2D eigenvalue weighted by atomic mass is 9.98. The minimum atomic E-state index is 0. The number of hydrogen-bond acceptors (Lipinski definition) is 4. The summed E-state index contributed by atoms with van der Waals surface area (Å²) in [6.07, 6.45) is 1.00. The quantitative estimate of drug-likeness (QED) is 0.922. The first kappa shape index (κ1) is 17.1. The highest BCUT2D eigenvalue weighted by molar-refractivity contribution is 5.85. The van der Waals surface area contributed by atoms with E-state index in [1.54, 1.807) is 0 Å². The van der Waals surface area contributed by atoms with Crippen LogP contribution in [0.2, 0.25) is 0 Å². The minimum absolute atomic E-state index is 0. The van der Waals surface area contributed by atoms with Crippen LogP contribution < -0.4 is 14.8 Å². The molecule has 2 aliphatic rings. The summed E-state index contributed by atoms with van der Waals surface area (Å²) in [7, 11) is 0. The summed E-state index contributed by atoms with van der Waals surface area (Å²) < 4.78 is 17.8. The first-order valence-electron chi connectivity index (χ1n) is 8.18. The van der Waals surface area contributed by atoms with E-state index in [0.29, 0.717) is 12.6 Å². The van der Waals surface area contributed by atoms with Crippen LogP contribution in [-0.2, 0) is 11.3 Å². The molecule has 0 saturated carbocycles. The number of fused-ring (bicyclic) bond motifs is 3. The Kier molecular flexibility index (Phi) is 5.61. The van der Waals surface area contributed by atoms with Crippen LogP contribution in [0.3, 0.4) is 0 Å². The summed E-state index contributed by atoms with van der Waals surface area (Å²) in [5, 5.41) is 3.53. The van der Waals surface area contributed by atoms with E-state index in [2.05, 4.69) is 23.5 Å². The average Bonchev–Trinajstić information content (AvgIpc) is 2.80. The Bertz CT molecular complexity index is 665. The van der Waals surface area contributed by atoms with Gasteiger partial charge in [-0.3, -0.25) is 0 Å². The zero-order valence-corrected chi connectivity index (χ0v) is 14.3. The summed E-state index contributed by atoms with van der Waals surface area (Å²) in [5.41, 5.74) is 2.25. The van der Waals surface area contributed by atoms with Gasteiger partial charge in [0.1, 0.15) is 24.2 Å². The Morgan fingerprint density at radius 1 is 1.08 bits per heavy atom. The van der Waals surface area contributed by atoms with Crippen LogP contribution in [-0.4, -0.2) is 25.8 Å². The Balaban J connectivity index is 0.00000169. The van der Waals surface area contributed by atoms with Crippen molar-refractivity contribution in [1.29, 1.82) is 0 Å². The second kappa shape index (κ2) is 7.88. The summed E-state index contributed by atoms with van der Waals surface area (Å²) >= 11 is 0. The Morgan fingerprint density at radius 3 is 2.83 bits per heavy atom. The maximum absolute atomic E-state index is 6.01. The molecule has 1 saturated heterocycles. The summed E-state index contributed by atoms with van der Waals surface area (Å²) in [6.45, 7) is 2.92. The number of rotatable bonds is 3. The van der Waals surface area contributed by atoms with Crippen LogP contribution in [0.1, 0.15) is 23.7 Å². The van der Waals surface area contributed by atoms with E-state index in [1.165, 1.54) is 0 Å². The summed E-state index contributed by atoms with van der Waals surface area (Å²) in [6, 6.07) is 16.5. The van der Waals surface area contributed by atoms with Crippen molar-refractivity contribution in [3.05, 3.63) is 59.7 Å². The molecule has 2 atom stereocenters. The van der Waals surface area contributed by atoms with Crippen molar-refractivity contribution >= 4 is 12.4 Å². The van der Waals surface area contributed by atoms with Gasteiger partial charge in [0.25, 0.3) is 0 Å². The molecule has 5 heteroatoms. The van der Waals surface area contributed by atoms with Gasteiger partial charge in [-0.25, -0.2) is 0 Å². The molecular formula is C19H22ClNO3. The zero-order chi connectivity index (χ0) is 15.5. The first-order valence-corrected chi connectivity index (χ1v) is 8.18. The topological polar surface area (TPSA) is 39.7 Å². The monoisotopic (exact) mass is 347 g/mol. The van der Waals surface area contributed by atoms with Crippen molar-refractivity contribution in [3.8, 4) is 11.5 Å². The van der Waals surface area contributed by atoms with Gasteiger partial charge in [-0.1, -0.05) is 30.3 Å². The molecule has 0 spiro atoms. The Morgan fingerprint density at radius 2 is 1.96 bits per heavy atom. The maximum Gasteiger partial charge on any atom is 0.125 e. The molecule has 0 aliphatic carbocycles. The molecule has 24 heavy (non-hydrogen) atoms. The lowest BCUT2D eigenvalue weighted by Crippen LogP contribution is -2.43. The third-order valence-corrected chi connectivity index (χ3v) is 4.39. The van der Waals surface area contributed by atoms with Crippen LogP contribution in [0, 0.1) is 0 Å². The molecule has 0 bridgehead atoms. The molecule has 128 valence electrons. The highest BCUT2D eigenvalue weighted by Crippen LogP contribution is 2.37. The van der Waals surface area contributed by atoms with E-state index in [9.17, 15) is 0 Å². The Labute approximate surface area is 148 Å². The molecule has 2 aromatic carbocycles. The van der Waals surface area contributed by atoms with Gasteiger partial charge in [-0.05, 0) is 30.2 Å². The fraction of sp³-hybridized carbons (Fsp3) is 0.368. The fourth-order valence-electron chi connectivity index (χ4n) is 3.22. The van der Waals surface area contributed by atoms with Gasteiger partial charge in [0.15, 0.2) is 0 Å². The second-order valence-electron chi connectivity index (χ2n) is 5.96. The average molecular weight is 348 g/mol. The summed E-state index contributed by atoms with van der Waals surface area (Å²) in [5.74, 6) is 1.76. The third-order valence-electron chi connectivity index (χ3n) is 4.39. The van der Waals surface area contributed by atoms with E-state index in [4.69, 9.17) is 14.2 Å². The largest absolute Gasteiger partial charge is 0.493 e. The SMILES string of the molecule is Cl.c1ccc(COc2ccc3c(c2)[C@H]2OCCN[C@@H]2CCO3)cc1. The maximum atomic E-state index is 6.01. The smallest absolute Gasteiger partial charge is 0.125 e. The molecule has 1 N–H and O–H groups in total. The predicted molar refractivity (Wildman–Crippen MR) is 95.1 cm³/mol. The molecular weight excluding hydrogens is 326 g/mol. The lowest BCUT2D eigenvalue weighted by molar-refractivity contribution is -0.00596. The van der Waals surface area contributed by atoms with Gasteiger partial charge >= 0.3 is 0 Å². The van der Waals surface area contributed by atoms with E-state index in [-0.39, 0.29) is 18.5 Å². The molecule has 2 aromatic rings. The molecule has 0 unspecified atom stereocenters. The van der Waals surface area contributed by atoms with Gasteiger partial charge in [0.2, 0.25) is 0 Å². The lowest BCUT2D eigenvalue weighted by Gasteiger charge is -2.31. The molecule has 2 aliphatic heterocycles. The number of nitrogens with one attached hydrogen (secondary N) is 1. The van der Waals surface area contributed by atoms with Crippen LogP contribution in [0.5, 0.6) is 11.5 Å². The van der Waals surface area contributed by atoms with E-state index < -0.39 is 0 Å². The predicted octanol–water partition coefficient (Wildman–Crippen LogP) is 3.50. The second-order valence-corrected chi connectivity index (χ2v) is 5.96. The number of morpholine rings is 1. The number of hydrogen-bond donors (Lipinski definition) is 1. The van der Waals surface area contributed by atoms with Gasteiger partial charge in [0, 0.05) is 18.2 Å². The molecule has 0 radical (unpaired) electrons. The number of halogens is 1. The molecule has 1 fully saturated rings. The molecule has 4 nitrogen and oxygen atoms in total. The van der Waals surface area contributed by atoms with Gasteiger partial charge in [-0.2, -0.15) is 0 Å². The standard InChI is InChI=1S/C19H21NO3.ClH/c1-2-4-14(5-3-1)13-23-15-6-7-18-16(12-15)19-17(8-10-21-18)20-9-11-22-19;/h1-7,12,17,19-20H,8-11,13H2;1H/t17-,19-;/m1./s1. The fourth-order valence-corrected chi connectivity index (χ4v) is 3.22. The van der Waals surface area contributed by atoms with Crippen LogP contribution >= 0.6 is 12.4 Å². The van der Waals surface area contributed by atoms with Gasteiger partial charge in [-0.15, -0.1) is 12.4 Å². The van der Waals surface area contributed by atoms with Crippen molar-refractivity contribution in [2.75, 3.05) is 19.8 Å². The van der Waals surface area contributed by atoms with E-state index in [0.717, 1.165) is 48.8 Å². The normalized spacial score (nSPS) is 22.2. The molecule has 4 rings (SSSR count). The number of ether oxygens (including phenoxy) is 3. The van der Waals surface area contributed by atoms with E-state index >= 15 is 0 Å². The van der Waals surface area contributed by atoms with Gasteiger partial charge < -0.3 is 19.5 Å². The molecule has 0 amide bonds.